The molecule has 276 valence electrons. The average molecular weight is 743 g/mol. The van der Waals surface area contributed by atoms with Gasteiger partial charge in [-0.2, -0.15) is 0 Å². The van der Waals surface area contributed by atoms with Crippen LogP contribution in [0.1, 0.15) is 116 Å². The number of hydrogen-bond acceptors (Lipinski definition) is 8. The molecule has 3 aliphatic rings. The van der Waals surface area contributed by atoms with Crippen LogP contribution in [0.3, 0.4) is 0 Å². The van der Waals surface area contributed by atoms with Crippen LogP contribution in [0.15, 0.2) is 15.8 Å². The van der Waals surface area contributed by atoms with Crippen molar-refractivity contribution in [3.63, 3.8) is 0 Å². The van der Waals surface area contributed by atoms with Gasteiger partial charge in [0.1, 0.15) is 12.2 Å². The Morgan fingerprint density at radius 2 is 1.19 bits per heavy atom. The highest BCUT2D eigenvalue weighted by molar-refractivity contribution is 6.97. The minimum atomic E-state index is -3.43. The predicted molar refractivity (Wildman–Crippen MR) is 201 cm³/mol. The van der Waals surface area contributed by atoms with E-state index >= 15 is 0 Å². The Kier molecular flexibility index (Phi) is 10.9. The van der Waals surface area contributed by atoms with Gasteiger partial charge in [0.05, 0.1) is 6.61 Å². The first-order valence-electron chi connectivity index (χ1n) is 18.4. The van der Waals surface area contributed by atoms with E-state index in [1.807, 2.05) is 0 Å². The molecule has 0 saturated carbocycles. The Morgan fingerprint density at radius 1 is 0.729 bits per heavy atom. The molecule has 4 heterocycles. The van der Waals surface area contributed by atoms with Crippen LogP contribution >= 0.6 is 0 Å². The summed E-state index contributed by atoms with van der Waals surface area (Å²) in [5.74, 6) is 0. The Bertz CT molecular complexity index is 1420. The summed E-state index contributed by atoms with van der Waals surface area (Å²) >= 11 is 0. The van der Waals surface area contributed by atoms with E-state index in [2.05, 4.69) is 116 Å². The Labute approximate surface area is 293 Å². The lowest BCUT2D eigenvalue weighted by atomic mass is 10.1. The first-order chi connectivity index (χ1) is 21.9. The fourth-order valence-corrected chi connectivity index (χ4v) is 38.9. The van der Waals surface area contributed by atoms with Crippen molar-refractivity contribution in [3.8, 4) is 0 Å². The molecule has 4 rings (SSSR count). The Balaban J connectivity index is 2.27. The summed E-state index contributed by atoms with van der Waals surface area (Å²) in [4.78, 5) is 29.8. The minimum Gasteiger partial charge on any atom is -0.449 e. The van der Waals surface area contributed by atoms with E-state index in [-0.39, 0.29) is 50.9 Å². The summed E-state index contributed by atoms with van der Waals surface area (Å²) in [5.41, 5.74) is -0.686. The van der Waals surface area contributed by atoms with Crippen LogP contribution in [0.25, 0.3) is 0 Å². The van der Waals surface area contributed by atoms with E-state index in [0.717, 1.165) is 0 Å². The van der Waals surface area contributed by atoms with Crippen LogP contribution in [-0.2, 0) is 27.2 Å². The zero-order valence-corrected chi connectivity index (χ0v) is 36.8. The number of aromatic amines is 1. The molecule has 2 N–H and O–H groups in total. The second-order valence-corrected chi connectivity index (χ2v) is 36.2. The van der Waals surface area contributed by atoms with Gasteiger partial charge < -0.3 is 26.9 Å². The van der Waals surface area contributed by atoms with Gasteiger partial charge in [0.2, 0.25) is 16.6 Å². The van der Waals surface area contributed by atoms with Crippen molar-refractivity contribution in [1.82, 2.24) is 9.55 Å². The quantitative estimate of drug-likeness (QED) is 0.255. The molecule has 48 heavy (non-hydrogen) atoms. The minimum absolute atomic E-state index is 0.0227. The lowest BCUT2D eigenvalue weighted by Crippen LogP contribution is -2.77. The van der Waals surface area contributed by atoms with Crippen LogP contribution in [0.4, 0.5) is 0 Å². The lowest BCUT2D eigenvalue weighted by Gasteiger charge is -2.55. The SMILES string of the molecule is Cc1cn([C@]23O[C@H]4CO[Si](C(C)C)(C(C)C)O[Si](C(C)C)(C(C)C)O[C@@H]4[C@]2(O)[Si](C(C)C)(C(C)C)O[Si]3(C(C)C)C(C)C)c(=O)[nH]c1=O. The molecule has 0 aliphatic carbocycles. The predicted octanol–water partition coefficient (Wildman–Crippen LogP) is 7.22. The summed E-state index contributed by atoms with van der Waals surface area (Å²) in [5, 5.41) is 11.1. The van der Waals surface area contributed by atoms with Crippen molar-refractivity contribution < 1.29 is 26.9 Å². The molecule has 0 amide bonds. The highest BCUT2D eigenvalue weighted by Gasteiger charge is 2.92. The van der Waals surface area contributed by atoms with Crippen molar-refractivity contribution >= 4 is 33.8 Å². The van der Waals surface area contributed by atoms with Crippen LogP contribution in [-0.4, -0.2) is 72.5 Å². The zero-order chi connectivity index (χ0) is 36.7. The summed E-state index contributed by atoms with van der Waals surface area (Å²) in [6.07, 6.45) is 0.00709. The van der Waals surface area contributed by atoms with E-state index in [1.54, 1.807) is 13.1 Å². The van der Waals surface area contributed by atoms with Crippen molar-refractivity contribution in [3.05, 3.63) is 32.6 Å². The number of aliphatic hydroxyl groups is 1. The van der Waals surface area contributed by atoms with Gasteiger partial charge in [-0.3, -0.25) is 14.3 Å². The van der Waals surface area contributed by atoms with Crippen molar-refractivity contribution in [2.45, 2.75) is 185 Å². The maximum Gasteiger partial charge on any atom is 0.335 e. The average Bonchev–Trinajstić information content (AvgIpc) is 3.31. The second-order valence-electron chi connectivity index (χ2n) is 17.3. The van der Waals surface area contributed by atoms with E-state index in [0.29, 0.717) is 5.56 Å². The fraction of sp³-hybridized carbons (Fsp3) is 0.882. The first kappa shape index (κ1) is 40.1. The molecule has 14 heteroatoms. The van der Waals surface area contributed by atoms with Gasteiger partial charge in [0.15, 0.2) is 10.6 Å². The summed E-state index contributed by atoms with van der Waals surface area (Å²) in [6.45, 7) is 36.5. The third kappa shape index (κ3) is 4.93. The summed E-state index contributed by atoms with van der Waals surface area (Å²) in [7, 11) is -13.0. The van der Waals surface area contributed by atoms with Gasteiger partial charge in [0.25, 0.3) is 5.56 Å². The van der Waals surface area contributed by atoms with Crippen LogP contribution < -0.4 is 11.2 Å². The maximum absolute atomic E-state index is 14.5. The van der Waals surface area contributed by atoms with Crippen LogP contribution in [0, 0.1) is 6.92 Å². The monoisotopic (exact) mass is 742 g/mol. The zero-order valence-electron chi connectivity index (χ0n) is 32.8. The Hall–Kier alpha value is -0.692. The standard InChI is InChI=1S/C34H66N2O8Si4/c1-20(2)45(21(3)4)33(39)30-29(19-40-47(24(9)10,25(11)12)44-48(42-30,26(13)14)27(15)16)41-34(33,46(43-45,22(5)6)23(7)8)36-18-28(17)31(37)35-32(36)38/h18,20-27,29-30,39H,19H2,1-17H3,(H,35,37,38)/t29-,30-,33-,34-/m0/s1. The largest absolute Gasteiger partial charge is 0.449 e. The molecule has 10 nitrogen and oxygen atoms in total. The van der Waals surface area contributed by atoms with Crippen LogP contribution in [0.5, 0.6) is 0 Å². The smallest absolute Gasteiger partial charge is 0.335 e. The number of H-pyrrole nitrogens is 1. The molecule has 4 atom stereocenters. The van der Waals surface area contributed by atoms with E-state index in [1.165, 1.54) is 4.57 Å². The molecule has 3 saturated heterocycles. The maximum atomic E-state index is 14.5. The van der Waals surface area contributed by atoms with E-state index < -0.39 is 67.8 Å². The molecule has 0 radical (unpaired) electrons. The Morgan fingerprint density at radius 3 is 1.60 bits per heavy atom. The van der Waals surface area contributed by atoms with Crippen molar-refractivity contribution in [2.24, 2.45) is 0 Å². The van der Waals surface area contributed by atoms with E-state index in [4.69, 9.17) is 21.8 Å². The number of aromatic nitrogens is 2. The highest BCUT2D eigenvalue weighted by Crippen LogP contribution is 2.70. The molecule has 1 aromatic heterocycles. The second kappa shape index (κ2) is 13.1. The summed E-state index contributed by atoms with van der Waals surface area (Å²) < 4.78 is 39.5. The topological polar surface area (TPSA) is 121 Å². The lowest BCUT2D eigenvalue weighted by molar-refractivity contribution is -0.115. The number of rotatable bonds is 9. The summed E-state index contributed by atoms with van der Waals surface area (Å²) in [6, 6.07) is 0. The van der Waals surface area contributed by atoms with Crippen molar-refractivity contribution in [2.75, 3.05) is 6.61 Å². The number of hydrogen-bond donors (Lipinski definition) is 2. The molecule has 0 aromatic carbocycles. The third-order valence-electron chi connectivity index (χ3n) is 12.3. The van der Waals surface area contributed by atoms with Gasteiger partial charge in [-0.15, -0.1) is 0 Å². The molecule has 0 unspecified atom stereocenters. The van der Waals surface area contributed by atoms with Gasteiger partial charge in [0, 0.05) is 11.8 Å². The van der Waals surface area contributed by atoms with E-state index in [9.17, 15) is 14.7 Å². The number of aryl methyl sites for hydroxylation is 1. The number of fused-ring (bicyclic) bond motifs is 3. The molecular formula is C34H66N2O8Si4. The number of nitrogens with one attached hydrogen (secondary N) is 1. The molecular weight excluding hydrogens is 677 g/mol. The van der Waals surface area contributed by atoms with Crippen LogP contribution in [0.2, 0.25) is 44.3 Å². The normalized spacial score (nSPS) is 31.0. The van der Waals surface area contributed by atoms with Gasteiger partial charge in [-0.1, -0.05) is 111 Å². The van der Waals surface area contributed by atoms with Crippen molar-refractivity contribution in [1.29, 1.82) is 0 Å². The van der Waals surface area contributed by atoms with Gasteiger partial charge in [-0.05, 0) is 51.3 Å². The first-order valence-corrected chi connectivity index (χ1v) is 26.5. The molecule has 0 bridgehead atoms. The van der Waals surface area contributed by atoms with Gasteiger partial charge in [-0.25, -0.2) is 4.79 Å². The number of ether oxygens (including phenoxy) is 1. The molecule has 1 aromatic rings. The fourth-order valence-electron chi connectivity index (χ4n) is 10.2. The molecule has 0 spiro atoms. The molecule has 3 aliphatic heterocycles. The highest BCUT2D eigenvalue weighted by atomic mass is 28.5. The third-order valence-corrected chi connectivity index (χ3v) is 35.9. The number of nitrogens with zero attached hydrogens (tertiary/aromatic N) is 1. The van der Waals surface area contributed by atoms with Gasteiger partial charge >= 0.3 is 22.8 Å². The molecule has 3 fully saturated rings.